The van der Waals surface area contributed by atoms with Crippen molar-refractivity contribution < 1.29 is 5.11 Å². The second kappa shape index (κ2) is 20.1. The molecule has 4 aromatic heterocycles. The molecule has 10 rings (SSSR count). The number of hydrogen-bond donors (Lipinski definition) is 3. The number of aliphatic hydroxyl groups is 1. The minimum Gasteiger partial charge on any atom is -0.396 e. The molecule has 10 aromatic rings. The Bertz CT molecular complexity index is 3480. The Balaban J connectivity index is 1.08. The topological polar surface area (TPSA) is 117 Å². The van der Waals surface area contributed by atoms with E-state index in [1.807, 2.05) is 46.1 Å². The highest BCUT2D eigenvalue weighted by atomic mass is 16.2. The Labute approximate surface area is 402 Å². The number of fused-ring (bicyclic) bond motifs is 2. The molecule has 69 heavy (non-hydrogen) atoms. The lowest BCUT2D eigenvalue weighted by atomic mass is 9.96. The summed E-state index contributed by atoms with van der Waals surface area (Å²) in [4.78, 5) is 12.4. The predicted molar refractivity (Wildman–Crippen MR) is 278 cm³/mol. The molecule has 0 aliphatic carbocycles. The third-order valence-corrected chi connectivity index (χ3v) is 13.1. The summed E-state index contributed by atoms with van der Waals surface area (Å²) in [6.45, 7) is 3.42. The van der Waals surface area contributed by atoms with E-state index in [1.54, 1.807) is 0 Å². The number of aliphatic hydroxyl groups excluding tert-OH is 1. The van der Waals surface area contributed by atoms with Gasteiger partial charge in [-0.2, -0.15) is 0 Å². The van der Waals surface area contributed by atoms with E-state index in [-0.39, 0.29) is 6.61 Å². The van der Waals surface area contributed by atoms with Crippen LogP contribution in [0.25, 0.3) is 78.0 Å². The minimum absolute atomic E-state index is 0.167. The van der Waals surface area contributed by atoms with Crippen molar-refractivity contribution in [1.29, 1.82) is 10.8 Å². The molecule has 10 nitrogen and oxygen atoms in total. The van der Waals surface area contributed by atoms with Crippen molar-refractivity contribution in [2.75, 3.05) is 27.2 Å². The SMILES string of the molecule is CN(C)CCn1cnc2c(c(-c3ccccc3)c(-c3ccccc3)n2Cc2cccc(-c3ccc(-c4c(-c5ccccc5)n(Cc5ccccc5)c5ncn(CCCCCO)c(=N)c45)cc3)c2)c1=N. The maximum Gasteiger partial charge on any atom is 0.146 e. The Morgan fingerprint density at radius 1 is 0.464 bits per heavy atom. The van der Waals surface area contributed by atoms with Crippen molar-refractivity contribution in [2.24, 2.45) is 0 Å². The van der Waals surface area contributed by atoms with Crippen LogP contribution in [0.3, 0.4) is 0 Å². The van der Waals surface area contributed by atoms with Gasteiger partial charge in [0.05, 0.1) is 34.8 Å². The van der Waals surface area contributed by atoms with Gasteiger partial charge in [-0.15, -0.1) is 0 Å². The zero-order valence-corrected chi connectivity index (χ0v) is 39.3. The first-order valence-corrected chi connectivity index (χ1v) is 23.9. The Kier molecular flexibility index (Phi) is 13.1. The van der Waals surface area contributed by atoms with Crippen molar-refractivity contribution in [2.45, 2.75) is 45.4 Å². The average molecular weight is 908 g/mol. The van der Waals surface area contributed by atoms with Crippen LogP contribution in [0.15, 0.2) is 183 Å². The molecule has 0 amide bonds. The molecule has 0 fully saturated rings. The van der Waals surface area contributed by atoms with Crippen molar-refractivity contribution in [3.63, 3.8) is 0 Å². The summed E-state index contributed by atoms with van der Waals surface area (Å²) in [5, 5.41) is 30.5. The summed E-state index contributed by atoms with van der Waals surface area (Å²) in [7, 11) is 4.11. The second-order valence-electron chi connectivity index (χ2n) is 18.0. The third-order valence-electron chi connectivity index (χ3n) is 13.1. The molecule has 0 aliphatic rings. The normalized spacial score (nSPS) is 11.6. The van der Waals surface area contributed by atoms with Crippen LogP contribution in [0.5, 0.6) is 0 Å². The van der Waals surface area contributed by atoms with Crippen LogP contribution in [0.1, 0.15) is 30.4 Å². The van der Waals surface area contributed by atoms with E-state index in [0.29, 0.717) is 37.2 Å². The van der Waals surface area contributed by atoms with Crippen molar-refractivity contribution in [1.82, 2.24) is 33.1 Å². The van der Waals surface area contributed by atoms with E-state index < -0.39 is 0 Å². The number of unbranched alkanes of at least 4 members (excludes halogenated alkanes) is 2. The molecule has 6 aromatic carbocycles. The standard InChI is InChI=1S/C59H57N9O/c1-64(2)34-35-66-41-63-59-52(57(66)61)50(45-22-10-4-11-23-45)54(47-24-12-5-13-25-47)68(59)39-43-21-18-28-49(37-43)44-29-31-46(32-30-44)51-53-56(60)65(33-16-7-17-36-69)40-62-58(53)67(38-42-19-8-3-9-20-42)55(51)48-26-14-6-15-27-48/h3-6,8-15,18-32,37,40-41,60-61,69H,7,16-17,33-36,38-39H2,1-2H3. The van der Waals surface area contributed by atoms with Crippen LogP contribution in [0.4, 0.5) is 0 Å². The maximum atomic E-state index is 9.72. The number of likely N-dealkylation sites (N-methyl/N-ethyl adjacent to an activating group) is 1. The second-order valence-corrected chi connectivity index (χ2v) is 18.0. The van der Waals surface area contributed by atoms with Gasteiger partial charge in [-0.3, -0.25) is 10.8 Å². The molecule has 0 radical (unpaired) electrons. The summed E-state index contributed by atoms with van der Waals surface area (Å²) in [5.74, 6) is 0. The quantitative estimate of drug-likeness (QED) is 0.0789. The van der Waals surface area contributed by atoms with Crippen LogP contribution < -0.4 is 11.0 Å². The molecule has 0 unspecified atom stereocenters. The monoisotopic (exact) mass is 907 g/mol. The van der Waals surface area contributed by atoms with E-state index in [0.717, 1.165) is 115 Å². The molecular weight excluding hydrogens is 851 g/mol. The van der Waals surface area contributed by atoms with Crippen LogP contribution in [-0.4, -0.2) is 65.5 Å². The minimum atomic E-state index is 0.167. The summed E-state index contributed by atoms with van der Waals surface area (Å²) in [5.41, 5.74) is 15.1. The summed E-state index contributed by atoms with van der Waals surface area (Å²) >= 11 is 0. The molecular formula is C59H57N9O. The molecule has 0 bridgehead atoms. The highest BCUT2D eigenvalue weighted by Crippen LogP contribution is 2.42. The first kappa shape index (κ1) is 44.9. The van der Waals surface area contributed by atoms with Crippen LogP contribution in [-0.2, 0) is 26.2 Å². The Morgan fingerprint density at radius 2 is 0.913 bits per heavy atom. The van der Waals surface area contributed by atoms with Crippen molar-refractivity contribution in [3.8, 4) is 55.9 Å². The molecule has 0 saturated heterocycles. The van der Waals surface area contributed by atoms with E-state index in [9.17, 15) is 15.9 Å². The maximum absolute atomic E-state index is 9.72. The fraction of sp³-hybridized carbons (Fsp3) is 0.186. The van der Waals surface area contributed by atoms with Gasteiger partial charge in [0.15, 0.2) is 0 Å². The van der Waals surface area contributed by atoms with Gasteiger partial charge in [0.25, 0.3) is 0 Å². The smallest absolute Gasteiger partial charge is 0.146 e. The van der Waals surface area contributed by atoms with Crippen LogP contribution in [0, 0.1) is 10.8 Å². The summed E-state index contributed by atoms with van der Waals surface area (Å²) < 4.78 is 8.49. The van der Waals surface area contributed by atoms with E-state index in [4.69, 9.17) is 9.97 Å². The molecule has 344 valence electrons. The van der Waals surface area contributed by atoms with Gasteiger partial charge in [0.2, 0.25) is 0 Å². The number of benzene rings is 6. The number of aromatic nitrogens is 6. The molecule has 10 heteroatoms. The Hall–Kier alpha value is -7.92. The predicted octanol–water partition coefficient (Wildman–Crippen LogP) is 11.1. The lowest BCUT2D eigenvalue weighted by Crippen LogP contribution is -2.27. The van der Waals surface area contributed by atoms with Gasteiger partial charge in [0.1, 0.15) is 22.3 Å². The van der Waals surface area contributed by atoms with E-state index >= 15 is 0 Å². The van der Waals surface area contributed by atoms with Gasteiger partial charge in [0, 0.05) is 50.5 Å². The largest absolute Gasteiger partial charge is 0.396 e. The first-order valence-electron chi connectivity index (χ1n) is 23.9. The van der Waals surface area contributed by atoms with Crippen LogP contribution >= 0.6 is 0 Å². The van der Waals surface area contributed by atoms with E-state index in [2.05, 4.69) is 174 Å². The number of hydrogen-bond acceptors (Lipinski definition) is 6. The fourth-order valence-corrected chi connectivity index (χ4v) is 9.69. The molecule has 0 spiro atoms. The lowest BCUT2D eigenvalue weighted by molar-refractivity contribution is 0.281. The van der Waals surface area contributed by atoms with Crippen LogP contribution in [0.2, 0.25) is 0 Å². The Morgan fingerprint density at radius 3 is 1.45 bits per heavy atom. The highest BCUT2D eigenvalue weighted by molar-refractivity contribution is 6.04. The molecule has 0 atom stereocenters. The van der Waals surface area contributed by atoms with Gasteiger partial charge < -0.3 is 28.3 Å². The van der Waals surface area contributed by atoms with E-state index in [1.165, 1.54) is 0 Å². The third kappa shape index (κ3) is 9.12. The average Bonchev–Trinajstić information content (AvgIpc) is 3.90. The van der Waals surface area contributed by atoms with Gasteiger partial charge in [-0.1, -0.05) is 164 Å². The van der Waals surface area contributed by atoms with Gasteiger partial charge >= 0.3 is 0 Å². The first-order chi connectivity index (χ1) is 33.9. The van der Waals surface area contributed by atoms with Gasteiger partial charge in [-0.05, 0) is 83.9 Å². The molecule has 0 saturated carbocycles. The number of nitrogens with zero attached hydrogens (tertiary/aromatic N) is 7. The number of aryl methyl sites for hydroxylation is 1. The molecule has 3 N–H and O–H groups in total. The molecule has 4 heterocycles. The van der Waals surface area contributed by atoms with Gasteiger partial charge in [-0.25, -0.2) is 9.97 Å². The molecule has 0 aliphatic heterocycles. The highest BCUT2D eigenvalue weighted by Gasteiger charge is 2.25. The van der Waals surface area contributed by atoms with Crippen molar-refractivity contribution in [3.05, 3.63) is 205 Å². The summed E-state index contributed by atoms with van der Waals surface area (Å²) in [6, 6.07) is 59.4. The number of rotatable bonds is 17. The van der Waals surface area contributed by atoms with Crippen molar-refractivity contribution >= 4 is 22.1 Å². The lowest BCUT2D eigenvalue weighted by Gasteiger charge is -2.14. The zero-order valence-electron chi connectivity index (χ0n) is 39.3. The fourth-order valence-electron chi connectivity index (χ4n) is 9.69. The summed E-state index contributed by atoms with van der Waals surface area (Å²) in [6.07, 6.45) is 6.11. The number of nitrogens with one attached hydrogen (secondary N) is 2. The zero-order chi connectivity index (χ0) is 47.3.